The number of nitrogens with zero attached hydrogens (tertiary/aromatic N) is 1. The third kappa shape index (κ3) is 3.61. The molecule has 0 aliphatic carbocycles. The van der Waals surface area contributed by atoms with Gasteiger partial charge in [-0.1, -0.05) is 23.2 Å². The standard InChI is InChI=1S/C13H14Cl3NO/c14-11-5-9(8-17-3-1-2-4-17)6-12(15)10(11)7-13(16)18/h5-6H,1-4,7-8H2. The van der Waals surface area contributed by atoms with Crippen molar-refractivity contribution in [2.24, 2.45) is 0 Å². The van der Waals surface area contributed by atoms with Gasteiger partial charge in [-0.2, -0.15) is 0 Å². The summed E-state index contributed by atoms with van der Waals surface area (Å²) in [6.07, 6.45) is 2.57. The van der Waals surface area contributed by atoms with Crippen molar-refractivity contribution in [2.45, 2.75) is 25.8 Å². The molecule has 1 saturated heterocycles. The SMILES string of the molecule is O=C(Cl)Cc1c(Cl)cc(CN2CCCC2)cc1Cl. The Morgan fingerprint density at radius 2 is 1.72 bits per heavy atom. The molecule has 2 nitrogen and oxygen atoms in total. The number of likely N-dealkylation sites (tertiary alicyclic amines) is 1. The number of hydrogen-bond donors (Lipinski definition) is 0. The first kappa shape index (κ1) is 14.1. The van der Waals surface area contributed by atoms with Crippen LogP contribution in [0, 0.1) is 0 Å². The highest BCUT2D eigenvalue weighted by molar-refractivity contribution is 6.63. The molecule has 1 aromatic carbocycles. The Kier molecular flexibility index (Phi) is 4.91. The molecule has 5 heteroatoms. The Morgan fingerprint density at radius 1 is 1.17 bits per heavy atom. The lowest BCUT2D eigenvalue weighted by molar-refractivity contribution is -0.111. The van der Waals surface area contributed by atoms with Crippen LogP contribution in [-0.4, -0.2) is 23.2 Å². The van der Waals surface area contributed by atoms with E-state index in [1.807, 2.05) is 12.1 Å². The summed E-state index contributed by atoms with van der Waals surface area (Å²) in [7, 11) is 0. The third-order valence-electron chi connectivity index (χ3n) is 3.12. The highest BCUT2D eigenvalue weighted by Gasteiger charge is 2.15. The Balaban J connectivity index is 2.16. The average Bonchev–Trinajstić information content (AvgIpc) is 2.76. The fourth-order valence-corrected chi connectivity index (χ4v) is 3.05. The van der Waals surface area contributed by atoms with Gasteiger partial charge >= 0.3 is 0 Å². The van der Waals surface area contributed by atoms with Crippen molar-refractivity contribution < 1.29 is 4.79 Å². The van der Waals surface area contributed by atoms with Crippen molar-refractivity contribution in [3.63, 3.8) is 0 Å². The van der Waals surface area contributed by atoms with Crippen molar-refractivity contribution in [1.82, 2.24) is 4.90 Å². The predicted molar refractivity (Wildman–Crippen MR) is 75.5 cm³/mol. The van der Waals surface area contributed by atoms with Gasteiger partial charge in [0, 0.05) is 23.0 Å². The molecule has 1 aromatic rings. The quantitative estimate of drug-likeness (QED) is 0.786. The summed E-state index contributed by atoms with van der Waals surface area (Å²) in [4.78, 5) is 13.3. The Hall–Kier alpha value is -0.280. The van der Waals surface area contributed by atoms with Gasteiger partial charge in [-0.3, -0.25) is 9.69 Å². The Labute approximate surface area is 122 Å². The number of hydrogen-bond acceptors (Lipinski definition) is 2. The monoisotopic (exact) mass is 305 g/mol. The summed E-state index contributed by atoms with van der Waals surface area (Å²) in [6.45, 7) is 3.10. The van der Waals surface area contributed by atoms with Gasteiger partial charge in [-0.15, -0.1) is 0 Å². The van der Waals surface area contributed by atoms with E-state index in [1.165, 1.54) is 12.8 Å². The van der Waals surface area contributed by atoms with Gasteiger partial charge in [0.2, 0.25) is 5.24 Å². The van der Waals surface area contributed by atoms with E-state index in [9.17, 15) is 4.79 Å². The van der Waals surface area contributed by atoms with E-state index in [4.69, 9.17) is 34.8 Å². The van der Waals surface area contributed by atoms with E-state index in [0.29, 0.717) is 15.6 Å². The highest BCUT2D eigenvalue weighted by Crippen LogP contribution is 2.28. The molecule has 1 aliphatic rings. The summed E-state index contributed by atoms with van der Waals surface area (Å²) >= 11 is 17.7. The lowest BCUT2D eigenvalue weighted by Crippen LogP contribution is -2.18. The van der Waals surface area contributed by atoms with Crippen LogP contribution in [0.25, 0.3) is 0 Å². The lowest BCUT2D eigenvalue weighted by atomic mass is 10.1. The van der Waals surface area contributed by atoms with Gasteiger partial charge in [-0.05, 0) is 60.8 Å². The first-order valence-corrected chi connectivity index (χ1v) is 7.07. The normalized spacial score (nSPS) is 16.2. The van der Waals surface area contributed by atoms with Crippen LogP contribution < -0.4 is 0 Å². The molecule has 0 bridgehead atoms. The molecule has 0 unspecified atom stereocenters. The van der Waals surface area contributed by atoms with E-state index >= 15 is 0 Å². The molecule has 1 aliphatic heterocycles. The molecule has 98 valence electrons. The van der Waals surface area contributed by atoms with Gasteiger partial charge < -0.3 is 0 Å². The lowest BCUT2D eigenvalue weighted by Gasteiger charge is -2.16. The van der Waals surface area contributed by atoms with Crippen LogP contribution in [0.4, 0.5) is 0 Å². The number of rotatable bonds is 4. The Morgan fingerprint density at radius 3 is 2.22 bits per heavy atom. The van der Waals surface area contributed by atoms with Crippen LogP contribution in [0.3, 0.4) is 0 Å². The second-order valence-corrected chi connectivity index (χ2v) is 5.79. The molecular weight excluding hydrogens is 293 g/mol. The summed E-state index contributed by atoms with van der Waals surface area (Å²) in [5, 5.41) is 0.586. The molecule has 0 radical (unpaired) electrons. The molecule has 0 N–H and O–H groups in total. The molecule has 0 atom stereocenters. The van der Waals surface area contributed by atoms with E-state index in [1.54, 1.807) is 0 Å². The Bertz CT molecular complexity index is 433. The fourth-order valence-electron chi connectivity index (χ4n) is 2.25. The molecule has 0 amide bonds. The van der Waals surface area contributed by atoms with Crippen molar-refractivity contribution in [3.8, 4) is 0 Å². The van der Waals surface area contributed by atoms with Gasteiger partial charge in [0.25, 0.3) is 0 Å². The van der Waals surface area contributed by atoms with E-state index in [-0.39, 0.29) is 6.42 Å². The molecular formula is C13H14Cl3NO. The fraction of sp³-hybridized carbons (Fsp3) is 0.462. The van der Waals surface area contributed by atoms with E-state index in [2.05, 4.69) is 4.90 Å². The zero-order valence-electron chi connectivity index (χ0n) is 9.89. The second kappa shape index (κ2) is 6.25. The van der Waals surface area contributed by atoms with Crippen molar-refractivity contribution in [3.05, 3.63) is 33.3 Å². The van der Waals surface area contributed by atoms with Gasteiger partial charge in [-0.25, -0.2) is 0 Å². The summed E-state index contributed by atoms with van der Waals surface area (Å²) in [5.74, 6) is 0. The summed E-state index contributed by atoms with van der Waals surface area (Å²) < 4.78 is 0. The number of carbonyl (C=O) groups is 1. The molecule has 18 heavy (non-hydrogen) atoms. The summed E-state index contributed by atoms with van der Waals surface area (Å²) in [5.41, 5.74) is 1.70. The maximum atomic E-state index is 10.9. The van der Waals surface area contributed by atoms with Crippen LogP contribution in [-0.2, 0) is 17.8 Å². The minimum Gasteiger partial charge on any atom is -0.299 e. The average molecular weight is 307 g/mol. The van der Waals surface area contributed by atoms with E-state index < -0.39 is 5.24 Å². The minimum atomic E-state index is -0.453. The number of benzene rings is 1. The topological polar surface area (TPSA) is 20.3 Å². The first-order valence-electron chi connectivity index (χ1n) is 5.94. The largest absolute Gasteiger partial charge is 0.299 e. The van der Waals surface area contributed by atoms with Crippen LogP contribution in [0.1, 0.15) is 24.0 Å². The van der Waals surface area contributed by atoms with E-state index in [0.717, 1.165) is 25.2 Å². The number of halogens is 3. The van der Waals surface area contributed by atoms with Crippen LogP contribution >= 0.6 is 34.8 Å². The molecule has 0 saturated carbocycles. The third-order valence-corrected chi connectivity index (χ3v) is 3.93. The van der Waals surface area contributed by atoms with Gasteiger partial charge in [0.15, 0.2) is 0 Å². The van der Waals surface area contributed by atoms with Crippen LogP contribution in [0.5, 0.6) is 0 Å². The second-order valence-electron chi connectivity index (χ2n) is 4.55. The zero-order valence-corrected chi connectivity index (χ0v) is 12.2. The highest BCUT2D eigenvalue weighted by atomic mass is 35.5. The first-order chi connectivity index (χ1) is 8.56. The molecule has 1 fully saturated rings. The minimum absolute atomic E-state index is 0.0726. The molecule has 2 rings (SSSR count). The predicted octanol–water partition coefficient (Wildman–Crippen LogP) is 3.90. The smallest absolute Gasteiger partial charge is 0.226 e. The zero-order chi connectivity index (χ0) is 13.1. The summed E-state index contributed by atoms with van der Waals surface area (Å²) in [6, 6.07) is 3.75. The van der Waals surface area contributed by atoms with Crippen molar-refractivity contribution in [2.75, 3.05) is 13.1 Å². The maximum Gasteiger partial charge on any atom is 0.226 e. The molecule has 1 heterocycles. The maximum absolute atomic E-state index is 10.9. The number of carbonyl (C=O) groups excluding carboxylic acids is 1. The molecule has 0 spiro atoms. The van der Waals surface area contributed by atoms with Crippen LogP contribution in [0.15, 0.2) is 12.1 Å². The van der Waals surface area contributed by atoms with Crippen LogP contribution in [0.2, 0.25) is 10.0 Å². The van der Waals surface area contributed by atoms with Crippen molar-refractivity contribution >= 4 is 40.0 Å². The van der Waals surface area contributed by atoms with Gasteiger partial charge in [0.05, 0.1) is 0 Å². The van der Waals surface area contributed by atoms with Gasteiger partial charge in [0.1, 0.15) is 0 Å². The molecule has 0 aromatic heterocycles. The van der Waals surface area contributed by atoms with Crippen molar-refractivity contribution in [1.29, 1.82) is 0 Å².